The number of aromatic carboxylic acids is 1. The maximum atomic E-state index is 12.4. The van der Waals surface area contributed by atoms with Crippen LogP contribution in [0.25, 0.3) is 0 Å². The number of rotatable bonds is 5. The van der Waals surface area contributed by atoms with Gasteiger partial charge in [-0.1, -0.05) is 30.3 Å². The Labute approximate surface area is 135 Å². The lowest BCUT2D eigenvalue weighted by atomic mass is 10.0. The summed E-state index contributed by atoms with van der Waals surface area (Å²) >= 11 is 0. The highest BCUT2D eigenvalue weighted by molar-refractivity contribution is 5.96. The number of hydrogen-bond acceptors (Lipinski definition) is 4. The van der Waals surface area contributed by atoms with Crippen molar-refractivity contribution in [3.8, 4) is 11.5 Å². The third kappa shape index (κ3) is 4.09. The molecule has 0 aliphatic rings. The van der Waals surface area contributed by atoms with E-state index >= 15 is 0 Å². The Bertz CT molecular complexity index is 745. The average Bonchev–Trinajstić information content (AvgIpc) is 2.48. The number of carboxylic acids is 1. The Balaban J connectivity index is 2.40. The fourth-order valence-electron chi connectivity index (χ4n) is 2.13. The van der Waals surface area contributed by atoms with Crippen molar-refractivity contribution in [3.63, 3.8) is 0 Å². The van der Waals surface area contributed by atoms with Crippen LogP contribution < -0.4 is 15.2 Å². The number of carbonyl (C=O) groups is 1. The van der Waals surface area contributed by atoms with Gasteiger partial charge in [-0.25, -0.2) is 4.79 Å². The van der Waals surface area contributed by atoms with Crippen molar-refractivity contribution in [2.45, 2.75) is 19.9 Å². The highest BCUT2D eigenvalue weighted by Gasteiger charge is 2.33. The lowest BCUT2D eigenvalue weighted by Gasteiger charge is -2.18. The molecule has 5 nitrogen and oxygen atoms in total. The molecule has 0 fully saturated rings. The van der Waals surface area contributed by atoms with Crippen LogP contribution in [0.1, 0.15) is 21.5 Å². The molecule has 128 valence electrons. The molecular formula is C16H14F3NO4. The number of anilines is 1. The molecular weight excluding hydrogens is 327 g/mol. The van der Waals surface area contributed by atoms with Crippen molar-refractivity contribution in [3.05, 3.63) is 53.1 Å². The first-order valence-electron chi connectivity index (χ1n) is 6.78. The van der Waals surface area contributed by atoms with Crippen molar-refractivity contribution >= 4 is 11.7 Å². The Hall–Kier alpha value is -2.90. The second-order valence-electron chi connectivity index (χ2n) is 4.92. The van der Waals surface area contributed by atoms with Crippen LogP contribution in [-0.2, 0) is 6.61 Å². The first kappa shape index (κ1) is 17.5. The zero-order valence-corrected chi connectivity index (χ0v) is 12.6. The maximum absolute atomic E-state index is 12.4. The van der Waals surface area contributed by atoms with Gasteiger partial charge in [0.1, 0.15) is 17.9 Å². The minimum atomic E-state index is -4.96. The molecule has 0 radical (unpaired) electrons. The zero-order chi connectivity index (χ0) is 17.9. The minimum absolute atomic E-state index is 0.0181. The van der Waals surface area contributed by atoms with E-state index in [1.807, 2.05) is 0 Å². The lowest BCUT2D eigenvalue weighted by molar-refractivity contribution is -0.274. The van der Waals surface area contributed by atoms with Crippen LogP contribution in [0.2, 0.25) is 0 Å². The topological polar surface area (TPSA) is 81.8 Å². The largest absolute Gasteiger partial charge is 0.573 e. The van der Waals surface area contributed by atoms with Gasteiger partial charge in [-0.2, -0.15) is 0 Å². The van der Waals surface area contributed by atoms with Crippen LogP contribution >= 0.6 is 0 Å². The molecule has 0 bridgehead atoms. The molecule has 24 heavy (non-hydrogen) atoms. The normalized spacial score (nSPS) is 11.2. The molecule has 0 unspecified atom stereocenters. The molecule has 0 spiro atoms. The van der Waals surface area contributed by atoms with Gasteiger partial charge in [-0.05, 0) is 12.5 Å². The van der Waals surface area contributed by atoms with E-state index in [0.29, 0.717) is 0 Å². The third-order valence-electron chi connectivity index (χ3n) is 3.19. The van der Waals surface area contributed by atoms with Gasteiger partial charge in [-0.15, -0.1) is 13.2 Å². The van der Waals surface area contributed by atoms with E-state index in [1.165, 1.54) is 6.92 Å². The summed E-state index contributed by atoms with van der Waals surface area (Å²) in [7, 11) is 0. The van der Waals surface area contributed by atoms with Gasteiger partial charge in [0, 0.05) is 11.6 Å². The summed E-state index contributed by atoms with van der Waals surface area (Å²) in [6, 6.07) is 9.75. The van der Waals surface area contributed by atoms with E-state index in [1.54, 1.807) is 30.3 Å². The SMILES string of the molecule is Cc1c(OC(F)(F)F)cc(N)c(OCc2ccccc2)c1C(=O)O. The number of ether oxygens (including phenoxy) is 2. The zero-order valence-electron chi connectivity index (χ0n) is 12.6. The number of nitrogens with two attached hydrogens (primary N) is 1. The molecule has 0 aliphatic carbocycles. The van der Waals surface area contributed by atoms with Crippen molar-refractivity contribution in [2.24, 2.45) is 0 Å². The highest BCUT2D eigenvalue weighted by atomic mass is 19.4. The molecule has 0 saturated heterocycles. The Morgan fingerprint density at radius 1 is 1.25 bits per heavy atom. The summed E-state index contributed by atoms with van der Waals surface area (Å²) in [4.78, 5) is 11.5. The summed E-state index contributed by atoms with van der Waals surface area (Å²) in [5.41, 5.74) is 5.48. The molecule has 2 aromatic rings. The van der Waals surface area contributed by atoms with Crippen molar-refractivity contribution in [2.75, 3.05) is 5.73 Å². The maximum Gasteiger partial charge on any atom is 0.573 e. The molecule has 2 rings (SSSR count). The predicted molar refractivity (Wildman–Crippen MR) is 80.0 cm³/mol. The van der Waals surface area contributed by atoms with E-state index in [2.05, 4.69) is 4.74 Å². The van der Waals surface area contributed by atoms with Gasteiger partial charge in [0.25, 0.3) is 0 Å². The fraction of sp³-hybridized carbons (Fsp3) is 0.188. The summed E-state index contributed by atoms with van der Waals surface area (Å²) in [6.07, 6.45) is -4.96. The predicted octanol–water partition coefficient (Wildman–Crippen LogP) is 3.75. The Kier molecular flexibility index (Phi) is 4.87. The van der Waals surface area contributed by atoms with Gasteiger partial charge in [0.15, 0.2) is 5.75 Å². The van der Waals surface area contributed by atoms with Crippen LogP contribution in [0.15, 0.2) is 36.4 Å². The Morgan fingerprint density at radius 3 is 2.42 bits per heavy atom. The van der Waals surface area contributed by atoms with Gasteiger partial charge >= 0.3 is 12.3 Å². The number of alkyl halides is 3. The molecule has 3 N–H and O–H groups in total. The second kappa shape index (κ2) is 6.69. The van der Waals surface area contributed by atoms with Gasteiger partial charge in [0.2, 0.25) is 0 Å². The minimum Gasteiger partial charge on any atom is -0.486 e. The number of carboxylic acid groups (broad SMARTS) is 1. The van der Waals surface area contributed by atoms with Gasteiger partial charge in [-0.3, -0.25) is 0 Å². The van der Waals surface area contributed by atoms with E-state index in [4.69, 9.17) is 10.5 Å². The summed E-state index contributed by atoms with van der Waals surface area (Å²) in [5, 5.41) is 9.32. The summed E-state index contributed by atoms with van der Waals surface area (Å²) in [5.74, 6) is -2.34. The first-order chi connectivity index (χ1) is 11.2. The average molecular weight is 341 g/mol. The summed E-state index contributed by atoms with van der Waals surface area (Å²) in [6.45, 7) is 1.21. The van der Waals surface area contributed by atoms with Crippen LogP contribution in [0.3, 0.4) is 0 Å². The van der Waals surface area contributed by atoms with Crippen LogP contribution in [-0.4, -0.2) is 17.4 Å². The quantitative estimate of drug-likeness (QED) is 0.810. The van der Waals surface area contributed by atoms with Gasteiger partial charge in [0.05, 0.1) is 5.69 Å². The number of benzene rings is 2. The van der Waals surface area contributed by atoms with E-state index in [-0.39, 0.29) is 23.6 Å². The highest BCUT2D eigenvalue weighted by Crippen LogP contribution is 2.38. The van der Waals surface area contributed by atoms with Crippen molar-refractivity contribution < 1.29 is 32.5 Å². The smallest absolute Gasteiger partial charge is 0.486 e. The van der Waals surface area contributed by atoms with E-state index in [0.717, 1.165) is 11.6 Å². The molecule has 8 heteroatoms. The molecule has 2 aromatic carbocycles. The monoisotopic (exact) mass is 341 g/mol. The number of hydrogen-bond donors (Lipinski definition) is 2. The molecule has 0 amide bonds. The van der Waals surface area contributed by atoms with E-state index in [9.17, 15) is 23.1 Å². The molecule has 0 saturated carbocycles. The molecule has 0 aromatic heterocycles. The second-order valence-corrected chi connectivity index (χ2v) is 4.92. The van der Waals surface area contributed by atoms with Crippen LogP contribution in [0.4, 0.5) is 18.9 Å². The Morgan fingerprint density at radius 2 is 1.88 bits per heavy atom. The molecule has 0 heterocycles. The first-order valence-corrected chi connectivity index (χ1v) is 6.78. The number of nitrogen functional groups attached to an aromatic ring is 1. The fourth-order valence-corrected chi connectivity index (χ4v) is 2.13. The lowest BCUT2D eigenvalue weighted by Crippen LogP contribution is -2.19. The van der Waals surface area contributed by atoms with Crippen LogP contribution in [0, 0.1) is 6.92 Å². The van der Waals surface area contributed by atoms with Crippen molar-refractivity contribution in [1.29, 1.82) is 0 Å². The number of halogens is 3. The molecule has 0 aliphatic heterocycles. The third-order valence-corrected chi connectivity index (χ3v) is 3.19. The van der Waals surface area contributed by atoms with Crippen molar-refractivity contribution in [1.82, 2.24) is 0 Å². The van der Waals surface area contributed by atoms with Crippen LogP contribution in [0.5, 0.6) is 11.5 Å². The van der Waals surface area contributed by atoms with E-state index < -0.39 is 23.6 Å². The molecule has 0 atom stereocenters. The van der Waals surface area contributed by atoms with Gasteiger partial charge < -0.3 is 20.3 Å². The standard InChI is InChI=1S/C16H14F3NO4/c1-9-12(24-16(17,18)19)7-11(20)14(13(9)15(21)22)23-8-10-5-3-2-4-6-10/h2-7H,8,20H2,1H3,(H,21,22). The summed E-state index contributed by atoms with van der Waals surface area (Å²) < 4.78 is 46.5.